The fourth-order valence-electron chi connectivity index (χ4n) is 4.67. The second-order valence-corrected chi connectivity index (χ2v) is 7.26. The number of rotatable bonds is 1. The van der Waals surface area contributed by atoms with Crippen molar-refractivity contribution in [2.45, 2.75) is 24.7 Å². The van der Waals surface area contributed by atoms with Crippen LogP contribution in [0.25, 0.3) is 0 Å². The van der Waals surface area contributed by atoms with Crippen LogP contribution in [0.3, 0.4) is 0 Å². The maximum absolute atomic E-state index is 13.6. The molecule has 7 heteroatoms. The molecule has 27 heavy (non-hydrogen) atoms. The Morgan fingerprint density at radius 1 is 1.22 bits per heavy atom. The van der Waals surface area contributed by atoms with Crippen LogP contribution < -0.4 is 10.6 Å². The number of carbonyl (C=O) groups excluding carboxylic acids is 2. The summed E-state index contributed by atoms with van der Waals surface area (Å²) in [5.41, 5.74) is 7.56. The highest BCUT2D eigenvalue weighted by molar-refractivity contribution is 6.20. The minimum Gasteiger partial charge on any atom is -0.383 e. The van der Waals surface area contributed by atoms with E-state index >= 15 is 0 Å². The highest BCUT2D eigenvalue weighted by Crippen LogP contribution is 2.55. The van der Waals surface area contributed by atoms with Crippen LogP contribution in [0.2, 0.25) is 0 Å². The van der Waals surface area contributed by atoms with Crippen LogP contribution in [0.1, 0.15) is 24.8 Å². The molecule has 1 spiro atoms. The topological polar surface area (TPSA) is 93.7 Å². The molecule has 2 N–H and O–H groups in total. The Labute approximate surface area is 157 Å². The van der Waals surface area contributed by atoms with E-state index in [-0.39, 0.29) is 23.1 Å². The summed E-state index contributed by atoms with van der Waals surface area (Å²) in [6.45, 7) is 0. The van der Waals surface area contributed by atoms with Crippen molar-refractivity contribution < 1.29 is 9.59 Å². The largest absolute Gasteiger partial charge is 0.383 e. The van der Waals surface area contributed by atoms with Crippen molar-refractivity contribution in [3.63, 3.8) is 0 Å². The van der Waals surface area contributed by atoms with Crippen LogP contribution >= 0.6 is 0 Å². The number of carbonyl (C=O) groups is 2. The summed E-state index contributed by atoms with van der Waals surface area (Å²) >= 11 is 0. The fourth-order valence-corrected chi connectivity index (χ4v) is 4.67. The van der Waals surface area contributed by atoms with E-state index in [1.165, 1.54) is 4.90 Å². The lowest BCUT2D eigenvalue weighted by atomic mass is 9.64. The van der Waals surface area contributed by atoms with Gasteiger partial charge in [0.1, 0.15) is 17.3 Å². The summed E-state index contributed by atoms with van der Waals surface area (Å²) in [5, 5.41) is 13.5. The third-order valence-electron chi connectivity index (χ3n) is 5.68. The average molecular weight is 363 g/mol. The minimum absolute atomic E-state index is 0.0956. The molecule has 7 nitrogen and oxygen atoms in total. The number of nitriles is 1. The van der Waals surface area contributed by atoms with Gasteiger partial charge in [-0.25, -0.2) is 5.01 Å². The van der Waals surface area contributed by atoms with Crippen molar-refractivity contribution in [3.05, 3.63) is 52.5 Å². The van der Waals surface area contributed by atoms with E-state index < -0.39 is 5.41 Å². The van der Waals surface area contributed by atoms with Gasteiger partial charge in [-0.1, -0.05) is 18.2 Å². The SMILES string of the molecule is CN1C(=O)C2(C(C#N)=C(N)N(N(C)C)C3=C2C(=O)CCC3)c2ccccc21. The number of hydrazine groups is 1. The van der Waals surface area contributed by atoms with Gasteiger partial charge in [0.2, 0.25) is 5.91 Å². The summed E-state index contributed by atoms with van der Waals surface area (Å²) in [6, 6.07) is 9.48. The van der Waals surface area contributed by atoms with Crippen molar-refractivity contribution in [1.82, 2.24) is 10.0 Å². The van der Waals surface area contributed by atoms with Crippen LogP contribution in [0.15, 0.2) is 46.9 Å². The first-order chi connectivity index (χ1) is 12.9. The molecular weight excluding hydrogens is 342 g/mol. The van der Waals surface area contributed by atoms with Gasteiger partial charge in [0.25, 0.3) is 0 Å². The van der Waals surface area contributed by atoms with Gasteiger partial charge in [-0.3, -0.25) is 14.6 Å². The van der Waals surface area contributed by atoms with Crippen molar-refractivity contribution in [2.75, 3.05) is 26.0 Å². The lowest BCUT2D eigenvalue weighted by Crippen LogP contribution is -2.54. The van der Waals surface area contributed by atoms with Gasteiger partial charge in [0.05, 0.1) is 5.57 Å². The minimum atomic E-state index is -1.45. The normalized spacial score (nSPS) is 24.7. The maximum Gasteiger partial charge on any atom is 0.247 e. The van der Waals surface area contributed by atoms with Gasteiger partial charge in [0, 0.05) is 50.1 Å². The Morgan fingerprint density at radius 2 is 1.93 bits per heavy atom. The van der Waals surface area contributed by atoms with Gasteiger partial charge in [-0.15, -0.1) is 0 Å². The van der Waals surface area contributed by atoms with Crippen LogP contribution in [-0.2, 0) is 15.0 Å². The molecule has 1 atom stereocenters. The smallest absolute Gasteiger partial charge is 0.247 e. The average Bonchev–Trinajstić information content (AvgIpc) is 2.85. The second-order valence-electron chi connectivity index (χ2n) is 7.26. The number of para-hydroxylation sites is 1. The molecule has 0 radical (unpaired) electrons. The van der Waals surface area contributed by atoms with Gasteiger partial charge in [-0.05, 0) is 18.9 Å². The number of benzene rings is 1. The highest BCUT2D eigenvalue weighted by atomic mass is 16.2. The molecule has 0 fully saturated rings. The second kappa shape index (κ2) is 5.69. The summed E-state index contributed by atoms with van der Waals surface area (Å²) in [4.78, 5) is 28.3. The monoisotopic (exact) mass is 363 g/mol. The van der Waals surface area contributed by atoms with Crippen molar-refractivity contribution >= 4 is 17.4 Å². The molecular formula is C20H21N5O2. The van der Waals surface area contributed by atoms with Crippen LogP contribution in [-0.4, -0.2) is 42.9 Å². The molecule has 1 unspecified atom stereocenters. The summed E-state index contributed by atoms with van der Waals surface area (Å²) in [5.74, 6) is -0.194. The zero-order valence-electron chi connectivity index (χ0n) is 15.6. The molecule has 4 rings (SSSR count). The molecule has 1 aromatic rings. The Kier molecular flexibility index (Phi) is 3.65. The summed E-state index contributed by atoms with van der Waals surface area (Å²) < 4.78 is 0. The fraction of sp³-hybridized carbons (Fsp3) is 0.350. The van der Waals surface area contributed by atoms with E-state index in [1.54, 1.807) is 31.2 Å². The van der Waals surface area contributed by atoms with E-state index in [2.05, 4.69) is 6.07 Å². The predicted octanol–water partition coefficient (Wildman–Crippen LogP) is 1.39. The quantitative estimate of drug-likeness (QED) is 0.810. The Hall–Kier alpha value is -3.11. The van der Waals surface area contributed by atoms with Crippen molar-refractivity contribution in [1.29, 1.82) is 5.26 Å². The van der Waals surface area contributed by atoms with Gasteiger partial charge >= 0.3 is 0 Å². The molecule has 2 aliphatic heterocycles. The zero-order chi connectivity index (χ0) is 19.5. The number of anilines is 1. The highest BCUT2D eigenvalue weighted by Gasteiger charge is 2.61. The number of fused-ring (bicyclic) bond motifs is 3. The molecule has 1 aromatic carbocycles. The molecule has 1 amide bonds. The van der Waals surface area contributed by atoms with Crippen molar-refractivity contribution in [3.8, 4) is 6.07 Å². The number of nitrogens with zero attached hydrogens (tertiary/aromatic N) is 4. The van der Waals surface area contributed by atoms with Gasteiger partial charge in [0.15, 0.2) is 5.78 Å². The molecule has 1 aliphatic carbocycles. The molecule has 138 valence electrons. The number of amides is 1. The number of hydrogen-bond donors (Lipinski definition) is 1. The molecule has 3 aliphatic rings. The number of nitrogens with two attached hydrogens (primary N) is 1. The first-order valence-electron chi connectivity index (χ1n) is 8.89. The predicted molar refractivity (Wildman–Crippen MR) is 99.8 cm³/mol. The van der Waals surface area contributed by atoms with E-state index in [1.807, 2.05) is 24.3 Å². The first kappa shape index (κ1) is 17.3. The Bertz CT molecular complexity index is 984. The van der Waals surface area contributed by atoms with E-state index in [9.17, 15) is 14.9 Å². The van der Waals surface area contributed by atoms with E-state index in [0.29, 0.717) is 41.8 Å². The molecule has 0 aromatic heterocycles. The Balaban J connectivity index is 2.17. The van der Waals surface area contributed by atoms with E-state index in [0.717, 1.165) is 0 Å². The molecule has 2 heterocycles. The van der Waals surface area contributed by atoms with Crippen LogP contribution in [0, 0.1) is 11.3 Å². The number of hydrogen-bond acceptors (Lipinski definition) is 6. The summed E-state index contributed by atoms with van der Waals surface area (Å²) in [7, 11) is 5.28. The standard InChI is InChI=1S/C20H21N5O2/c1-23(2)25-15-9-6-10-16(26)17(15)20(13(11-21)18(25)22)12-7-4-5-8-14(12)24(3)19(20)27/h4-5,7-8H,6,9-10,22H2,1-3H3. The van der Waals surface area contributed by atoms with Gasteiger partial charge in [-0.2, -0.15) is 5.26 Å². The number of allylic oxidation sites excluding steroid dienone is 1. The third kappa shape index (κ3) is 1.93. The lowest BCUT2D eigenvalue weighted by molar-refractivity contribution is -0.124. The van der Waals surface area contributed by atoms with Crippen LogP contribution in [0.5, 0.6) is 0 Å². The van der Waals surface area contributed by atoms with Gasteiger partial charge < -0.3 is 10.6 Å². The molecule has 0 saturated carbocycles. The third-order valence-corrected chi connectivity index (χ3v) is 5.68. The number of likely N-dealkylation sites (N-methyl/N-ethyl adjacent to an activating group) is 1. The first-order valence-corrected chi connectivity index (χ1v) is 8.89. The zero-order valence-corrected chi connectivity index (χ0v) is 15.6. The van der Waals surface area contributed by atoms with E-state index in [4.69, 9.17) is 5.73 Å². The van der Waals surface area contributed by atoms with Crippen molar-refractivity contribution in [2.24, 2.45) is 5.73 Å². The molecule has 0 saturated heterocycles. The summed E-state index contributed by atoms with van der Waals surface area (Å²) in [6.07, 6.45) is 1.68. The number of ketones is 1. The lowest BCUT2D eigenvalue weighted by Gasteiger charge is -2.45. The molecule has 0 bridgehead atoms. The maximum atomic E-state index is 13.6. The number of Topliss-reactive ketones (excluding diaryl/α,β-unsaturated/α-hetero) is 1. The Morgan fingerprint density at radius 3 is 2.59 bits per heavy atom. The van der Waals surface area contributed by atoms with Crippen LogP contribution in [0.4, 0.5) is 5.69 Å².